The molecule has 96 valence electrons. The summed E-state index contributed by atoms with van der Waals surface area (Å²) in [7, 11) is 0. The molecule has 0 saturated heterocycles. The fourth-order valence-corrected chi connectivity index (χ4v) is 1.43. The fourth-order valence-electron chi connectivity index (χ4n) is 1.23. The summed E-state index contributed by atoms with van der Waals surface area (Å²) >= 11 is 5.08. The first-order chi connectivity index (χ1) is 8.65. The smallest absolute Gasteiger partial charge is 0.224 e. The minimum Gasteiger partial charge on any atom is -0.359 e. The highest BCUT2D eigenvalue weighted by Gasteiger charge is 2.00. The molecule has 0 spiro atoms. The number of rotatable bonds is 5. The molecule has 5 heteroatoms. The van der Waals surface area contributed by atoms with E-state index in [1.807, 2.05) is 31.2 Å². The van der Waals surface area contributed by atoms with Crippen LogP contribution >= 0.6 is 12.2 Å². The summed E-state index contributed by atoms with van der Waals surface area (Å²) in [6.07, 6.45) is 2.20. The Kier molecular flexibility index (Phi) is 5.87. The van der Waals surface area contributed by atoms with Gasteiger partial charge in [-0.25, -0.2) is 0 Å². The Morgan fingerprint density at radius 1 is 1.28 bits per heavy atom. The molecule has 1 aromatic carbocycles. The molecule has 4 nitrogen and oxygen atoms in total. The fraction of sp³-hybridized carbons (Fsp3) is 0.231. The van der Waals surface area contributed by atoms with Crippen LogP contribution in [0.4, 0.5) is 11.4 Å². The van der Waals surface area contributed by atoms with Crippen molar-refractivity contribution in [2.24, 2.45) is 0 Å². The van der Waals surface area contributed by atoms with Crippen molar-refractivity contribution in [2.75, 3.05) is 17.2 Å². The van der Waals surface area contributed by atoms with E-state index in [2.05, 4.69) is 22.5 Å². The Morgan fingerprint density at radius 3 is 2.33 bits per heavy atom. The van der Waals surface area contributed by atoms with Gasteiger partial charge in [0.1, 0.15) is 0 Å². The van der Waals surface area contributed by atoms with Gasteiger partial charge in [0.2, 0.25) is 5.91 Å². The standard InChI is InChI=1S/C13H17N3OS/c1-3-9-14-13(18)16-11-7-5-10(6-8-11)15-12(17)4-2/h3,5-8H,1,4,9H2,2H3,(H,15,17)(H2,14,16,18). The van der Waals surface area contributed by atoms with E-state index in [4.69, 9.17) is 12.2 Å². The lowest BCUT2D eigenvalue weighted by Gasteiger charge is -2.09. The van der Waals surface area contributed by atoms with Crippen LogP contribution in [0.2, 0.25) is 0 Å². The van der Waals surface area contributed by atoms with Crippen LogP contribution in [0.1, 0.15) is 13.3 Å². The average molecular weight is 263 g/mol. The van der Waals surface area contributed by atoms with Crippen LogP contribution in [-0.2, 0) is 4.79 Å². The summed E-state index contributed by atoms with van der Waals surface area (Å²) in [4.78, 5) is 11.2. The number of hydrogen-bond acceptors (Lipinski definition) is 2. The Bertz CT molecular complexity index is 428. The monoisotopic (exact) mass is 263 g/mol. The minimum absolute atomic E-state index is 0.00104. The molecule has 0 unspecified atom stereocenters. The topological polar surface area (TPSA) is 53.2 Å². The maximum absolute atomic E-state index is 11.2. The molecule has 0 heterocycles. The number of hydrogen-bond donors (Lipinski definition) is 3. The highest BCUT2D eigenvalue weighted by molar-refractivity contribution is 7.80. The van der Waals surface area contributed by atoms with E-state index in [0.717, 1.165) is 11.4 Å². The molecule has 0 bridgehead atoms. The predicted octanol–water partition coefficient (Wildman–Crippen LogP) is 2.51. The highest BCUT2D eigenvalue weighted by atomic mass is 32.1. The number of thiocarbonyl (C=S) groups is 1. The van der Waals surface area contributed by atoms with Gasteiger partial charge in [-0.1, -0.05) is 13.0 Å². The first-order valence-corrected chi connectivity index (χ1v) is 6.12. The van der Waals surface area contributed by atoms with E-state index < -0.39 is 0 Å². The van der Waals surface area contributed by atoms with Gasteiger partial charge in [0.05, 0.1) is 0 Å². The van der Waals surface area contributed by atoms with Crippen LogP contribution in [0.5, 0.6) is 0 Å². The van der Waals surface area contributed by atoms with E-state index >= 15 is 0 Å². The van der Waals surface area contributed by atoms with E-state index in [1.165, 1.54) is 0 Å². The van der Waals surface area contributed by atoms with Crippen molar-refractivity contribution in [1.29, 1.82) is 0 Å². The Hall–Kier alpha value is -1.88. The van der Waals surface area contributed by atoms with Gasteiger partial charge in [-0.05, 0) is 36.5 Å². The van der Waals surface area contributed by atoms with Gasteiger partial charge in [0, 0.05) is 24.3 Å². The lowest BCUT2D eigenvalue weighted by atomic mass is 10.2. The van der Waals surface area contributed by atoms with Gasteiger partial charge in [0.15, 0.2) is 5.11 Å². The van der Waals surface area contributed by atoms with E-state index in [-0.39, 0.29) is 5.91 Å². The molecule has 1 aromatic rings. The molecule has 18 heavy (non-hydrogen) atoms. The van der Waals surface area contributed by atoms with Crippen LogP contribution in [-0.4, -0.2) is 17.6 Å². The van der Waals surface area contributed by atoms with Gasteiger partial charge >= 0.3 is 0 Å². The van der Waals surface area contributed by atoms with Crippen molar-refractivity contribution in [1.82, 2.24) is 5.32 Å². The number of anilines is 2. The first kappa shape index (κ1) is 14.2. The van der Waals surface area contributed by atoms with Crippen molar-refractivity contribution >= 4 is 34.6 Å². The van der Waals surface area contributed by atoms with E-state index in [0.29, 0.717) is 18.1 Å². The van der Waals surface area contributed by atoms with Crippen LogP contribution in [0.3, 0.4) is 0 Å². The summed E-state index contributed by atoms with van der Waals surface area (Å²) < 4.78 is 0. The molecule has 3 N–H and O–H groups in total. The number of carbonyl (C=O) groups is 1. The Balaban J connectivity index is 2.52. The van der Waals surface area contributed by atoms with Crippen LogP contribution in [0.25, 0.3) is 0 Å². The number of amides is 1. The zero-order chi connectivity index (χ0) is 13.4. The molecule has 0 saturated carbocycles. The molecule has 0 fully saturated rings. The normalized spacial score (nSPS) is 9.39. The van der Waals surface area contributed by atoms with Crippen LogP contribution in [0.15, 0.2) is 36.9 Å². The van der Waals surface area contributed by atoms with Crippen molar-refractivity contribution in [2.45, 2.75) is 13.3 Å². The second-order valence-corrected chi connectivity index (χ2v) is 4.01. The predicted molar refractivity (Wildman–Crippen MR) is 79.8 cm³/mol. The summed E-state index contributed by atoms with van der Waals surface area (Å²) in [5.41, 5.74) is 1.64. The third-order valence-electron chi connectivity index (χ3n) is 2.15. The van der Waals surface area contributed by atoms with Gasteiger partial charge in [-0.2, -0.15) is 0 Å². The van der Waals surface area contributed by atoms with Crippen molar-refractivity contribution in [3.63, 3.8) is 0 Å². The molecule has 0 aromatic heterocycles. The Labute approximate surface area is 112 Å². The van der Waals surface area contributed by atoms with Gasteiger partial charge in [-0.15, -0.1) is 6.58 Å². The molecule has 0 aliphatic heterocycles. The molecule has 1 amide bonds. The van der Waals surface area contributed by atoms with Crippen molar-refractivity contribution in [3.05, 3.63) is 36.9 Å². The molecular weight excluding hydrogens is 246 g/mol. The quantitative estimate of drug-likeness (QED) is 0.564. The summed E-state index contributed by atoms with van der Waals surface area (Å²) in [6, 6.07) is 7.36. The molecule has 0 radical (unpaired) electrons. The molecule has 0 aliphatic rings. The lowest BCUT2D eigenvalue weighted by Crippen LogP contribution is -2.28. The summed E-state index contributed by atoms with van der Waals surface area (Å²) in [6.45, 7) is 6.03. The second kappa shape index (κ2) is 7.45. The zero-order valence-electron chi connectivity index (χ0n) is 10.3. The third-order valence-corrected chi connectivity index (χ3v) is 2.40. The molecular formula is C13H17N3OS. The SMILES string of the molecule is C=CCNC(=S)Nc1ccc(NC(=O)CC)cc1. The number of nitrogens with one attached hydrogen (secondary N) is 3. The van der Waals surface area contributed by atoms with E-state index in [1.54, 1.807) is 6.08 Å². The van der Waals surface area contributed by atoms with Gasteiger partial charge < -0.3 is 16.0 Å². The highest BCUT2D eigenvalue weighted by Crippen LogP contribution is 2.13. The third kappa shape index (κ3) is 4.97. The maximum Gasteiger partial charge on any atom is 0.224 e. The lowest BCUT2D eigenvalue weighted by molar-refractivity contribution is -0.115. The van der Waals surface area contributed by atoms with E-state index in [9.17, 15) is 4.79 Å². The van der Waals surface area contributed by atoms with Gasteiger partial charge in [-0.3, -0.25) is 4.79 Å². The Morgan fingerprint density at radius 2 is 1.83 bits per heavy atom. The minimum atomic E-state index is -0.00104. The largest absolute Gasteiger partial charge is 0.359 e. The molecule has 0 aliphatic carbocycles. The van der Waals surface area contributed by atoms with Crippen LogP contribution in [0, 0.1) is 0 Å². The number of benzene rings is 1. The first-order valence-electron chi connectivity index (χ1n) is 5.71. The summed E-state index contributed by atoms with van der Waals surface area (Å²) in [5, 5.41) is 9.32. The average Bonchev–Trinajstić information content (AvgIpc) is 2.38. The van der Waals surface area contributed by atoms with Crippen molar-refractivity contribution < 1.29 is 4.79 Å². The zero-order valence-corrected chi connectivity index (χ0v) is 11.1. The second-order valence-electron chi connectivity index (χ2n) is 3.60. The van der Waals surface area contributed by atoms with Crippen molar-refractivity contribution in [3.8, 4) is 0 Å². The maximum atomic E-state index is 11.2. The molecule has 0 atom stereocenters. The van der Waals surface area contributed by atoms with Crippen LogP contribution < -0.4 is 16.0 Å². The number of carbonyl (C=O) groups excluding carboxylic acids is 1. The van der Waals surface area contributed by atoms with Gasteiger partial charge in [0.25, 0.3) is 0 Å². The molecule has 1 rings (SSSR count). The summed E-state index contributed by atoms with van der Waals surface area (Å²) in [5.74, 6) is -0.00104.